The Kier molecular flexibility index (Phi) is 8.83. The monoisotopic (exact) mass is 515 g/mol. The number of nitrogens with zero attached hydrogens (tertiary/aromatic N) is 2. The highest BCUT2D eigenvalue weighted by Gasteiger charge is 2.34. The fraction of sp³-hybridized carbons (Fsp3) is 0.387. The van der Waals surface area contributed by atoms with Gasteiger partial charge in [0.15, 0.2) is 6.29 Å². The number of ether oxygens (including phenoxy) is 2. The minimum absolute atomic E-state index is 0.00126. The summed E-state index contributed by atoms with van der Waals surface area (Å²) in [7, 11) is 0. The van der Waals surface area contributed by atoms with Crippen LogP contribution in [-0.4, -0.2) is 59.6 Å². The lowest BCUT2D eigenvalue weighted by Crippen LogP contribution is -2.49. The molecule has 3 aromatic carbocycles. The Morgan fingerprint density at radius 3 is 2.32 bits per heavy atom. The van der Waals surface area contributed by atoms with E-state index in [4.69, 9.17) is 9.47 Å². The molecule has 1 amide bonds. The number of hydrogen-bond donors (Lipinski definition) is 2. The zero-order valence-electron chi connectivity index (χ0n) is 22.0. The first-order chi connectivity index (χ1) is 18.6. The van der Waals surface area contributed by atoms with Gasteiger partial charge in [-0.15, -0.1) is 0 Å². The number of aliphatic hydroxyl groups excluding tert-OH is 1. The van der Waals surface area contributed by atoms with E-state index >= 15 is 0 Å². The van der Waals surface area contributed by atoms with Gasteiger partial charge in [-0.05, 0) is 28.8 Å². The van der Waals surface area contributed by atoms with Crippen molar-refractivity contribution in [3.05, 3.63) is 101 Å². The van der Waals surface area contributed by atoms with Crippen molar-refractivity contribution < 1.29 is 19.4 Å². The molecule has 7 heteroatoms. The molecule has 7 nitrogen and oxygen atoms in total. The number of amides is 1. The van der Waals surface area contributed by atoms with Crippen molar-refractivity contribution >= 4 is 11.6 Å². The summed E-state index contributed by atoms with van der Waals surface area (Å²) < 4.78 is 13.0. The summed E-state index contributed by atoms with van der Waals surface area (Å²) >= 11 is 0. The van der Waals surface area contributed by atoms with Crippen LogP contribution in [0, 0.1) is 0 Å². The molecule has 0 radical (unpaired) electrons. The zero-order chi connectivity index (χ0) is 26.3. The van der Waals surface area contributed by atoms with Crippen LogP contribution in [0.1, 0.15) is 48.0 Å². The fourth-order valence-corrected chi connectivity index (χ4v) is 5.26. The van der Waals surface area contributed by atoms with E-state index in [1.54, 1.807) is 0 Å². The van der Waals surface area contributed by atoms with Gasteiger partial charge in [0.1, 0.15) is 0 Å². The van der Waals surface area contributed by atoms with E-state index in [2.05, 4.69) is 45.4 Å². The van der Waals surface area contributed by atoms with Gasteiger partial charge in [0, 0.05) is 63.9 Å². The number of carbonyl (C=O) groups excluding carboxylic acids is 1. The van der Waals surface area contributed by atoms with Crippen LogP contribution in [-0.2, 0) is 27.4 Å². The summed E-state index contributed by atoms with van der Waals surface area (Å²) in [6.45, 7) is 7.43. The Bertz CT molecular complexity index is 1180. The standard InChI is InChI=1S/C31H37N3O4/c1-23(36)32-28-9-5-8-27(18-28)31-37-29(19-30(38-31)26-12-10-25(22-35)11-13-26)21-34-16-14-33(15-17-34)20-24-6-3-2-4-7-24/h2-13,18,29-31,35H,14-17,19-22H2,1H3,(H,32,36)/t29-,30+,31+/m0/s1. The molecular formula is C31H37N3O4. The van der Waals surface area contributed by atoms with Crippen LogP contribution in [0.2, 0.25) is 0 Å². The number of aliphatic hydroxyl groups is 1. The largest absolute Gasteiger partial charge is 0.392 e. The molecule has 200 valence electrons. The van der Waals surface area contributed by atoms with E-state index in [0.29, 0.717) is 0 Å². The molecule has 3 atom stereocenters. The SMILES string of the molecule is CC(=O)Nc1cccc([C@@H]2O[C@H](CN3CCN(Cc4ccccc4)CC3)C[C@H](c3ccc(CO)cc3)O2)c1. The van der Waals surface area contributed by atoms with Gasteiger partial charge in [0.25, 0.3) is 0 Å². The molecule has 0 aromatic heterocycles. The summed E-state index contributed by atoms with van der Waals surface area (Å²) in [4.78, 5) is 16.6. The molecule has 3 aromatic rings. The van der Waals surface area contributed by atoms with Gasteiger partial charge in [0.05, 0.1) is 18.8 Å². The molecule has 5 rings (SSSR count). The molecule has 2 aliphatic heterocycles. The Morgan fingerprint density at radius 2 is 1.61 bits per heavy atom. The van der Waals surface area contributed by atoms with E-state index in [1.807, 2.05) is 48.5 Å². The topological polar surface area (TPSA) is 74.3 Å². The van der Waals surface area contributed by atoms with Gasteiger partial charge in [-0.25, -0.2) is 0 Å². The summed E-state index contributed by atoms with van der Waals surface area (Å²) in [5.41, 5.74) is 4.91. The van der Waals surface area contributed by atoms with Gasteiger partial charge >= 0.3 is 0 Å². The van der Waals surface area contributed by atoms with Crippen LogP contribution in [0.15, 0.2) is 78.9 Å². The molecule has 2 heterocycles. The van der Waals surface area contributed by atoms with Crippen molar-refractivity contribution in [2.24, 2.45) is 0 Å². The molecule has 0 aliphatic carbocycles. The van der Waals surface area contributed by atoms with E-state index in [0.717, 1.165) is 68.1 Å². The Hall–Kier alpha value is -3.07. The van der Waals surface area contributed by atoms with Crippen molar-refractivity contribution in [1.82, 2.24) is 9.80 Å². The van der Waals surface area contributed by atoms with Crippen LogP contribution in [0.4, 0.5) is 5.69 Å². The molecule has 0 unspecified atom stereocenters. The third kappa shape index (κ3) is 7.07. The molecule has 0 bridgehead atoms. The van der Waals surface area contributed by atoms with Gasteiger partial charge < -0.3 is 19.9 Å². The van der Waals surface area contributed by atoms with Crippen LogP contribution in [0.3, 0.4) is 0 Å². The average Bonchev–Trinajstić information content (AvgIpc) is 2.94. The predicted octanol–water partition coefficient (Wildman–Crippen LogP) is 4.50. The van der Waals surface area contributed by atoms with E-state index < -0.39 is 6.29 Å². The second-order valence-corrected chi connectivity index (χ2v) is 10.2. The van der Waals surface area contributed by atoms with Gasteiger partial charge in [0.2, 0.25) is 5.91 Å². The average molecular weight is 516 g/mol. The lowest BCUT2D eigenvalue weighted by Gasteiger charge is -2.41. The number of carbonyl (C=O) groups is 1. The molecule has 0 spiro atoms. The molecule has 2 aliphatic rings. The summed E-state index contributed by atoms with van der Waals surface area (Å²) in [5, 5.41) is 12.3. The number of anilines is 1. The first-order valence-electron chi connectivity index (χ1n) is 13.4. The maximum absolute atomic E-state index is 11.6. The second-order valence-electron chi connectivity index (χ2n) is 10.2. The van der Waals surface area contributed by atoms with Crippen molar-refractivity contribution in [2.45, 2.75) is 45.0 Å². The summed E-state index contributed by atoms with van der Waals surface area (Å²) in [6, 6.07) is 26.3. The number of hydrogen-bond acceptors (Lipinski definition) is 6. The maximum Gasteiger partial charge on any atom is 0.221 e. The quantitative estimate of drug-likeness (QED) is 0.460. The predicted molar refractivity (Wildman–Crippen MR) is 147 cm³/mol. The van der Waals surface area contributed by atoms with E-state index in [-0.39, 0.29) is 24.7 Å². The van der Waals surface area contributed by atoms with E-state index in [9.17, 15) is 9.90 Å². The van der Waals surface area contributed by atoms with Crippen LogP contribution >= 0.6 is 0 Å². The number of nitrogens with one attached hydrogen (secondary N) is 1. The molecule has 2 N–H and O–H groups in total. The lowest BCUT2D eigenvalue weighted by atomic mass is 9.99. The highest BCUT2D eigenvalue weighted by Crippen LogP contribution is 2.38. The smallest absolute Gasteiger partial charge is 0.221 e. The highest BCUT2D eigenvalue weighted by atomic mass is 16.7. The molecule has 2 saturated heterocycles. The van der Waals surface area contributed by atoms with Crippen LogP contribution < -0.4 is 5.32 Å². The number of rotatable bonds is 8. The minimum atomic E-state index is -0.538. The van der Waals surface area contributed by atoms with Crippen molar-refractivity contribution in [1.29, 1.82) is 0 Å². The zero-order valence-corrected chi connectivity index (χ0v) is 22.0. The first kappa shape index (κ1) is 26.5. The summed E-state index contributed by atoms with van der Waals surface area (Å²) in [6.07, 6.45) is 0.0888. The van der Waals surface area contributed by atoms with Gasteiger partial charge in [-0.1, -0.05) is 66.7 Å². The highest BCUT2D eigenvalue weighted by molar-refractivity contribution is 5.88. The summed E-state index contributed by atoms with van der Waals surface area (Å²) in [5.74, 6) is -0.112. The third-order valence-corrected chi connectivity index (χ3v) is 7.27. The van der Waals surface area contributed by atoms with Crippen molar-refractivity contribution in [3.63, 3.8) is 0 Å². The molecule has 38 heavy (non-hydrogen) atoms. The second kappa shape index (κ2) is 12.7. The van der Waals surface area contributed by atoms with Gasteiger partial charge in [-0.2, -0.15) is 0 Å². The molecule has 0 saturated carbocycles. The van der Waals surface area contributed by atoms with Gasteiger partial charge in [-0.3, -0.25) is 14.6 Å². The minimum Gasteiger partial charge on any atom is -0.392 e. The normalized spacial score (nSPS) is 22.7. The van der Waals surface area contributed by atoms with E-state index in [1.165, 1.54) is 12.5 Å². The fourth-order valence-electron chi connectivity index (χ4n) is 5.26. The van der Waals surface area contributed by atoms with Crippen LogP contribution in [0.5, 0.6) is 0 Å². The Balaban J connectivity index is 1.27. The lowest BCUT2D eigenvalue weighted by molar-refractivity contribution is -0.253. The third-order valence-electron chi connectivity index (χ3n) is 7.27. The first-order valence-corrected chi connectivity index (χ1v) is 13.4. The Morgan fingerprint density at radius 1 is 0.868 bits per heavy atom. The number of piperazine rings is 1. The Labute approximate surface area is 225 Å². The maximum atomic E-state index is 11.6. The molecule has 2 fully saturated rings. The van der Waals surface area contributed by atoms with Crippen molar-refractivity contribution in [2.75, 3.05) is 38.0 Å². The van der Waals surface area contributed by atoms with Crippen LogP contribution in [0.25, 0.3) is 0 Å². The molecular weight excluding hydrogens is 478 g/mol. The van der Waals surface area contributed by atoms with Crippen molar-refractivity contribution in [3.8, 4) is 0 Å². The number of benzene rings is 3.